The highest BCUT2D eigenvalue weighted by molar-refractivity contribution is 5.75. The Morgan fingerprint density at radius 2 is 0.909 bits per heavy atom. The SMILES string of the molecule is Nc1nc(N)nc(N)n1.O.[AlH3]. The molecule has 0 aliphatic rings. The zero-order chi connectivity index (χ0) is 6.85. The molecule has 0 aliphatic carbocycles. The third kappa shape index (κ3) is 3.57. The molecule has 0 amide bonds. The van der Waals surface area contributed by atoms with Crippen molar-refractivity contribution in [2.24, 2.45) is 0 Å². The lowest BCUT2D eigenvalue weighted by atomic mass is 10.9. The zero-order valence-electron chi connectivity index (χ0n) is 5.07. The Bertz CT molecular complexity index is 179. The van der Waals surface area contributed by atoms with E-state index >= 15 is 0 Å². The Balaban J connectivity index is 0. The van der Waals surface area contributed by atoms with Crippen LogP contribution in [0.1, 0.15) is 0 Å². The second-order valence-electron chi connectivity index (χ2n) is 1.41. The largest absolute Gasteiger partial charge is 0.412 e. The summed E-state index contributed by atoms with van der Waals surface area (Å²) in [5, 5.41) is 0. The van der Waals surface area contributed by atoms with Crippen molar-refractivity contribution in [3.63, 3.8) is 0 Å². The van der Waals surface area contributed by atoms with Gasteiger partial charge in [-0.2, -0.15) is 15.0 Å². The van der Waals surface area contributed by atoms with Gasteiger partial charge >= 0.3 is 0 Å². The van der Waals surface area contributed by atoms with Crippen molar-refractivity contribution in [2.75, 3.05) is 17.2 Å². The van der Waals surface area contributed by atoms with Crippen molar-refractivity contribution in [1.82, 2.24) is 15.0 Å². The normalized spacial score (nSPS) is 7.64. The summed E-state index contributed by atoms with van der Waals surface area (Å²) in [6, 6.07) is 0. The van der Waals surface area contributed by atoms with Crippen molar-refractivity contribution >= 4 is 35.2 Å². The van der Waals surface area contributed by atoms with Crippen LogP contribution in [-0.2, 0) is 0 Å². The standard InChI is InChI=1S/C3H6N6.Al.H2O.3H/c4-1-7-2(5)9-3(6)8-1;;;;;/h(H6,4,5,6,7,8,9);;1H2;;;. The van der Waals surface area contributed by atoms with Gasteiger partial charge < -0.3 is 22.7 Å². The van der Waals surface area contributed by atoms with E-state index in [-0.39, 0.29) is 40.7 Å². The van der Waals surface area contributed by atoms with Crippen molar-refractivity contribution < 1.29 is 5.48 Å². The van der Waals surface area contributed by atoms with Crippen LogP contribution >= 0.6 is 0 Å². The highest BCUT2D eigenvalue weighted by atomic mass is 27.0. The Morgan fingerprint density at radius 3 is 1.09 bits per heavy atom. The first kappa shape index (κ1) is 12.6. The fourth-order valence-electron chi connectivity index (χ4n) is 0.427. The first-order chi connectivity index (χ1) is 4.18. The van der Waals surface area contributed by atoms with Gasteiger partial charge in [0.2, 0.25) is 17.8 Å². The summed E-state index contributed by atoms with van der Waals surface area (Å²) in [4.78, 5) is 10.5. The molecule has 8 heteroatoms. The van der Waals surface area contributed by atoms with Crippen LogP contribution in [0, 0.1) is 0 Å². The van der Waals surface area contributed by atoms with Gasteiger partial charge in [0.15, 0.2) is 17.4 Å². The van der Waals surface area contributed by atoms with Gasteiger partial charge in [-0.25, -0.2) is 0 Å². The topological polar surface area (TPSA) is 148 Å². The molecule has 0 bridgehead atoms. The predicted octanol–water partition coefficient (Wildman–Crippen LogP) is -3.39. The number of aromatic nitrogens is 3. The van der Waals surface area contributed by atoms with Crippen LogP contribution in [-0.4, -0.2) is 37.8 Å². The molecule has 1 aromatic heterocycles. The Morgan fingerprint density at radius 1 is 0.727 bits per heavy atom. The molecule has 0 fully saturated rings. The van der Waals surface area contributed by atoms with E-state index in [0.29, 0.717) is 0 Å². The summed E-state index contributed by atoms with van der Waals surface area (Å²) in [7, 11) is 0. The monoisotopic (exact) mass is 174 g/mol. The maximum atomic E-state index is 5.14. The minimum atomic E-state index is 0. The summed E-state index contributed by atoms with van der Waals surface area (Å²) >= 11 is 0. The van der Waals surface area contributed by atoms with E-state index in [4.69, 9.17) is 17.2 Å². The van der Waals surface area contributed by atoms with Gasteiger partial charge in [0.25, 0.3) is 0 Å². The number of nitrogens with zero attached hydrogens (tertiary/aromatic N) is 3. The highest BCUT2D eigenvalue weighted by Crippen LogP contribution is 1.97. The fraction of sp³-hybridized carbons (Fsp3) is 0. The van der Waals surface area contributed by atoms with Crippen LogP contribution in [0.4, 0.5) is 17.8 Å². The summed E-state index contributed by atoms with van der Waals surface area (Å²) in [6.07, 6.45) is 0. The number of anilines is 3. The number of rotatable bonds is 0. The van der Waals surface area contributed by atoms with E-state index in [1.807, 2.05) is 0 Å². The molecule has 0 atom stereocenters. The molecular formula is C3H11AlN6O. The van der Waals surface area contributed by atoms with E-state index in [1.165, 1.54) is 0 Å². The second kappa shape index (κ2) is 4.68. The van der Waals surface area contributed by atoms with E-state index < -0.39 is 0 Å². The maximum Gasteiger partial charge on any atom is 0.226 e. The molecule has 7 nitrogen and oxygen atoms in total. The van der Waals surface area contributed by atoms with Crippen molar-refractivity contribution in [1.29, 1.82) is 0 Å². The minimum Gasteiger partial charge on any atom is -0.412 e. The van der Waals surface area contributed by atoms with E-state index in [2.05, 4.69) is 15.0 Å². The number of hydrogen-bond donors (Lipinski definition) is 3. The van der Waals surface area contributed by atoms with E-state index in [0.717, 1.165) is 0 Å². The molecule has 0 saturated heterocycles. The first-order valence-electron chi connectivity index (χ1n) is 2.21. The highest BCUT2D eigenvalue weighted by Gasteiger charge is 1.93. The van der Waals surface area contributed by atoms with Crippen molar-refractivity contribution in [2.45, 2.75) is 0 Å². The van der Waals surface area contributed by atoms with Gasteiger partial charge in [0.1, 0.15) is 0 Å². The average Bonchev–Trinajstić information content (AvgIpc) is 1.59. The molecule has 1 aromatic rings. The van der Waals surface area contributed by atoms with Gasteiger partial charge in [-0.15, -0.1) is 0 Å². The summed E-state index contributed by atoms with van der Waals surface area (Å²) in [5.41, 5.74) is 15.4. The number of hydrogen-bond acceptors (Lipinski definition) is 6. The maximum absolute atomic E-state index is 5.14. The molecule has 8 N–H and O–H groups in total. The van der Waals surface area contributed by atoms with Crippen molar-refractivity contribution in [3.05, 3.63) is 0 Å². The summed E-state index contributed by atoms with van der Waals surface area (Å²) in [5.74, 6) is 0.125. The Hall–Kier alpha value is -1.10. The molecule has 0 saturated carbocycles. The van der Waals surface area contributed by atoms with Gasteiger partial charge in [0.05, 0.1) is 0 Å². The molecule has 1 heterocycles. The van der Waals surface area contributed by atoms with E-state index in [1.54, 1.807) is 0 Å². The van der Waals surface area contributed by atoms with Crippen LogP contribution in [0.25, 0.3) is 0 Å². The lowest BCUT2D eigenvalue weighted by Crippen LogP contribution is -2.05. The Labute approximate surface area is 73.5 Å². The van der Waals surface area contributed by atoms with Gasteiger partial charge in [-0.1, -0.05) is 0 Å². The van der Waals surface area contributed by atoms with Crippen molar-refractivity contribution in [3.8, 4) is 0 Å². The van der Waals surface area contributed by atoms with E-state index in [9.17, 15) is 0 Å². The van der Waals surface area contributed by atoms with Crippen LogP contribution in [0.2, 0.25) is 0 Å². The molecule has 0 aromatic carbocycles. The molecule has 0 unspecified atom stereocenters. The van der Waals surface area contributed by atoms with Gasteiger partial charge in [-0.3, -0.25) is 0 Å². The number of nitrogen functional groups attached to an aromatic ring is 3. The summed E-state index contributed by atoms with van der Waals surface area (Å²) in [6.45, 7) is 0. The smallest absolute Gasteiger partial charge is 0.226 e. The van der Waals surface area contributed by atoms with Crippen LogP contribution in [0.15, 0.2) is 0 Å². The van der Waals surface area contributed by atoms with Crippen LogP contribution in [0.3, 0.4) is 0 Å². The van der Waals surface area contributed by atoms with Gasteiger partial charge in [0, 0.05) is 0 Å². The van der Waals surface area contributed by atoms with Crippen LogP contribution in [0.5, 0.6) is 0 Å². The quantitative estimate of drug-likeness (QED) is 0.349. The summed E-state index contributed by atoms with van der Waals surface area (Å²) < 4.78 is 0. The lowest BCUT2D eigenvalue weighted by Gasteiger charge is -1.93. The zero-order valence-corrected chi connectivity index (χ0v) is 5.07. The third-order valence-corrected chi connectivity index (χ3v) is 0.687. The molecule has 0 aliphatic heterocycles. The molecule has 0 spiro atoms. The molecule has 62 valence electrons. The molecular weight excluding hydrogens is 163 g/mol. The molecule has 1 rings (SSSR count). The second-order valence-corrected chi connectivity index (χ2v) is 1.41. The average molecular weight is 174 g/mol. The third-order valence-electron chi connectivity index (χ3n) is 0.687. The minimum absolute atomic E-state index is 0. The van der Waals surface area contributed by atoms with Gasteiger partial charge in [-0.05, 0) is 0 Å². The Kier molecular flexibility index (Phi) is 5.34. The number of nitrogens with two attached hydrogens (primary N) is 3. The first-order valence-corrected chi connectivity index (χ1v) is 2.21. The lowest BCUT2D eigenvalue weighted by molar-refractivity contribution is 0.824. The van der Waals surface area contributed by atoms with Crippen LogP contribution < -0.4 is 17.2 Å². The predicted molar refractivity (Wildman–Crippen MR) is 46.6 cm³/mol. The molecule has 0 radical (unpaired) electrons. The fourth-order valence-corrected chi connectivity index (χ4v) is 0.427. The molecule has 11 heavy (non-hydrogen) atoms.